The number of nitrogens with one attached hydrogen (secondary N) is 1. The van der Waals surface area contributed by atoms with Crippen LogP contribution in [0.2, 0.25) is 0 Å². The molecule has 2 unspecified atom stereocenters. The number of carbonyl (C=O) groups excluding carboxylic acids is 1. The second-order valence-corrected chi connectivity index (χ2v) is 3.60. The van der Waals surface area contributed by atoms with Gasteiger partial charge in [-0.05, 0) is 5.56 Å². The van der Waals surface area contributed by atoms with E-state index in [0.29, 0.717) is 6.42 Å². The van der Waals surface area contributed by atoms with E-state index in [9.17, 15) is 9.59 Å². The maximum atomic E-state index is 11.0. The number of ether oxygens (including phenoxy) is 2. The van der Waals surface area contributed by atoms with Gasteiger partial charge in [0.2, 0.25) is 0 Å². The summed E-state index contributed by atoms with van der Waals surface area (Å²) in [7, 11) is 0. The zero-order valence-electron chi connectivity index (χ0n) is 8.83. The molecule has 1 heterocycles. The molecule has 0 radical (unpaired) electrons. The van der Waals surface area contributed by atoms with Crippen LogP contribution >= 0.6 is 0 Å². The lowest BCUT2D eigenvalue weighted by atomic mass is 10.1. The van der Waals surface area contributed by atoms with E-state index < -0.39 is 24.6 Å². The molecule has 1 saturated heterocycles. The molecule has 1 amide bonds. The first kappa shape index (κ1) is 11.3. The average Bonchev–Trinajstić information content (AvgIpc) is 2.59. The Morgan fingerprint density at radius 2 is 2.12 bits per heavy atom. The van der Waals surface area contributed by atoms with Crippen LogP contribution in [0.15, 0.2) is 30.3 Å². The van der Waals surface area contributed by atoms with Crippen molar-refractivity contribution < 1.29 is 24.2 Å². The molecule has 1 aromatic carbocycles. The van der Waals surface area contributed by atoms with Gasteiger partial charge in [0.25, 0.3) is 6.29 Å². The lowest BCUT2D eigenvalue weighted by Gasteiger charge is -2.15. The fourth-order valence-corrected chi connectivity index (χ4v) is 1.66. The minimum absolute atomic E-state index is 0.449. The monoisotopic (exact) mass is 237 g/mol. The van der Waals surface area contributed by atoms with Crippen molar-refractivity contribution >= 4 is 12.2 Å². The molecule has 2 rings (SSSR count). The first-order valence-electron chi connectivity index (χ1n) is 5.06. The number of amides is 1. The van der Waals surface area contributed by atoms with E-state index >= 15 is 0 Å². The number of cyclic esters (lactones) is 1. The number of alkyl carbamates (subject to hydrolysis) is 1. The highest BCUT2D eigenvalue weighted by Gasteiger charge is 2.37. The highest BCUT2D eigenvalue weighted by atomic mass is 16.8. The number of rotatable bonds is 3. The molecule has 1 aromatic rings. The topological polar surface area (TPSA) is 84.9 Å². The van der Waals surface area contributed by atoms with E-state index in [1.165, 1.54) is 0 Å². The average molecular weight is 237 g/mol. The molecule has 0 aromatic heterocycles. The van der Waals surface area contributed by atoms with Crippen LogP contribution < -0.4 is 5.32 Å². The third-order valence-corrected chi connectivity index (χ3v) is 2.37. The van der Waals surface area contributed by atoms with E-state index in [2.05, 4.69) is 10.1 Å². The van der Waals surface area contributed by atoms with Gasteiger partial charge >= 0.3 is 12.2 Å². The van der Waals surface area contributed by atoms with E-state index in [1.807, 2.05) is 30.3 Å². The second-order valence-electron chi connectivity index (χ2n) is 3.60. The molecule has 0 aliphatic carbocycles. The highest BCUT2D eigenvalue weighted by molar-refractivity contribution is 5.70. The summed E-state index contributed by atoms with van der Waals surface area (Å²) in [5, 5.41) is 11.0. The van der Waals surface area contributed by atoms with Crippen LogP contribution in [0.25, 0.3) is 0 Å². The zero-order valence-corrected chi connectivity index (χ0v) is 8.83. The van der Waals surface area contributed by atoms with Crippen molar-refractivity contribution in [2.45, 2.75) is 18.8 Å². The van der Waals surface area contributed by atoms with Gasteiger partial charge in [-0.3, -0.25) is 0 Å². The van der Waals surface area contributed by atoms with Gasteiger partial charge in [0.1, 0.15) is 6.04 Å². The zero-order chi connectivity index (χ0) is 12.3. The van der Waals surface area contributed by atoms with Gasteiger partial charge < -0.3 is 19.9 Å². The smallest absolute Gasteiger partial charge is 0.450 e. The van der Waals surface area contributed by atoms with Gasteiger partial charge in [0, 0.05) is 6.42 Å². The van der Waals surface area contributed by atoms with Crippen molar-refractivity contribution in [2.24, 2.45) is 0 Å². The van der Waals surface area contributed by atoms with Crippen molar-refractivity contribution in [1.82, 2.24) is 5.32 Å². The number of carboxylic acid groups (broad SMARTS) is 1. The Balaban J connectivity index is 2.03. The Bertz CT molecular complexity index is 419. The third-order valence-electron chi connectivity index (χ3n) is 2.37. The fraction of sp³-hybridized carbons (Fsp3) is 0.273. The molecule has 90 valence electrons. The molecule has 6 heteroatoms. The summed E-state index contributed by atoms with van der Waals surface area (Å²) in [6.07, 6.45) is -2.79. The van der Waals surface area contributed by atoms with Crippen molar-refractivity contribution in [3.05, 3.63) is 35.9 Å². The normalized spacial score (nSPS) is 22.7. The van der Waals surface area contributed by atoms with Crippen LogP contribution in [-0.4, -0.2) is 29.7 Å². The van der Waals surface area contributed by atoms with Gasteiger partial charge in [-0.2, -0.15) is 0 Å². The summed E-state index contributed by atoms with van der Waals surface area (Å²) >= 11 is 0. The SMILES string of the molecule is O=C(O)OC1OC(=O)NC1Cc1ccccc1. The number of hydrogen-bond donors (Lipinski definition) is 2. The molecule has 0 bridgehead atoms. The first-order valence-corrected chi connectivity index (χ1v) is 5.06. The molecule has 17 heavy (non-hydrogen) atoms. The Kier molecular flexibility index (Phi) is 3.13. The Labute approximate surface area is 97.1 Å². The molecular weight excluding hydrogens is 226 g/mol. The van der Waals surface area contributed by atoms with Crippen molar-refractivity contribution in [1.29, 1.82) is 0 Å². The largest absolute Gasteiger partial charge is 0.508 e. The van der Waals surface area contributed by atoms with Crippen LogP contribution in [0.5, 0.6) is 0 Å². The first-order chi connectivity index (χ1) is 8.15. The van der Waals surface area contributed by atoms with E-state index in [1.54, 1.807) is 0 Å². The summed E-state index contributed by atoms with van der Waals surface area (Å²) in [5.41, 5.74) is 0.960. The lowest BCUT2D eigenvalue weighted by Crippen LogP contribution is -2.36. The summed E-state index contributed by atoms with van der Waals surface area (Å²) in [4.78, 5) is 21.4. The van der Waals surface area contributed by atoms with Crippen molar-refractivity contribution in [3.63, 3.8) is 0 Å². The second kappa shape index (κ2) is 4.73. The Morgan fingerprint density at radius 3 is 2.76 bits per heavy atom. The molecule has 1 aliphatic heterocycles. The molecular formula is C11H11NO5. The van der Waals surface area contributed by atoms with Gasteiger partial charge in [-0.15, -0.1) is 0 Å². The molecule has 1 fully saturated rings. The van der Waals surface area contributed by atoms with Crippen molar-refractivity contribution in [3.8, 4) is 0 Å². The minimum Gasteiger partial charge on any atom is -0.450 e. The lowest BCUT2D eigenvalue weighted by molar-refractivity contribution is -0.0650. The van der Waals surface area contributed by atoms with Crippen LogP contribution in [0, 0.1) is 0 Å². The maximum Gasteiger partial charge on any atom is 0.508 e. The Morgan fingerprint density at radius 1 is 1.41 bits per heavy atom. The van der Waals surface area contributed by atoms with Gasteiger partial charge in [-0.1, -0.05) is 30.3 Å². The molecule has 2 atom stereocenters. The predicted octanol–water partition coefficient (Wildman–Crippen LogP) is 1.36. The van der Waals surface area contributed by atoms with Gasteiger partial charge in [0.05, 0.1) is 0 Å². The van der Waals surface area contributed by atoms with Crippen LogP contribution in [0.4, 0.5) is 9.59 Å². The van der Waals surface area contributed by atoms with Crippen LogP contribution in [0.1, 0.15) is 5.56 Å². The Hall–Kier alpha value is -2.24. The maximum absolute atomic E-state index is 11.0. The minimum atomic E-state index is -1.47. The fourth-order valence-electron chi connectivity index (χ4n) is 1.66. The summed E-state index contributed by atoms with van der Waals surface area (Å²) in [6, 6.07) is 8.85. The molecule has 0 saturated carbocycles. The molecule has 0 spiro atoms. The number of hydrogen-bond acceptors (Lipinski definition) is 4. The van der Waals surface area contributed by atoms with Crippen molar-refractivity contribution in [2.75, 3.05) is 0 Å². The van der Waals surface area contributed by atoms with E-state index in [-0.39, 0.29) is 0 Å². The molecule has 6 nitrogen and oxygen atoms in total. The number of benzene rings is 1. The third kappa shape index (κ3) is 2.87. The summed E-state index contributed by atoms with van der Waals surface area (Å²) < 4.78 is 9.18. The molecule has 2 N–H and O–H groups in total. The summed E-state index contributed by atoms with van der Waals surface area (Å²) in [6.45, 7) is 0. The van der Waals surface area contributed by atoms with E-state index in [4.69, 9.17) is 9.84 Å². The summed E-state index contributed by atoms with van der Waals surface area (Å²) in [5.74, 6) is 0. The van der Waals surface area contributed by atoms with Crippen LogP contribution in [-0.2, 0) is 15.9 Å². The van der Waals surface area contributed by atoms with E-state index in [0.717, 1.165) is 5.56 Å². The van der Waals surface area contributed by atoms with Gasteiger partial charge in [-0.25, -0.2) is 9.59 Å². The molecule has 1 aliphatic rings. The quantitative estimate of drug-likeness (QED) is 0.775. The standard InChI is InChI=1S/C11H11NO5/c13-10-12-8(9(16-10)17-11(14)15)6-7-4-2-1-3-5-7/h1-5,8-9H,6H2,(H,12,13)(H,14,15). The number of carbonyl (C=O) groups is 2. The predicted molar refractivity (Wildman–Crippen MR) is 56.4 cm³/mol. The van der Waals surface area contributed by atoms with Crippen LogP contribution in [0.3, 0.4) is 0 Å². The highest BCUT2D eigenvalue weighted by Crippen LogP contribution is 2.15. The van der Waals surface area contributed by atoms with Gasteiger partial charge in [0.15, 0.2) is 0 Å².